The molecular weight excluding hydrogens is 459 g/mol. The number of nitrogens with zero attached hydrogens (tertiary/aromatic N) is 3. The molecule has 0 aliphatic carbocycles. The summed E-state index contributed by atoms with van der Waals surface area (Å²) in [5, 5.41) is 13.6. The highest BCUT2D eigenvalue weighted by Crippen LogP contribution is 2.31. The predicted molar refractivity (Wildman–Crippen MR) is 130 cm³/mol. The Morgan fingerprint density at radius 1 is 1.24 bits per heavy atom. The van der Waals surface area contributed by atoms with Gasteiger partial charge in [-0.25, -0.2) is 19.2 Å². The van der Waals surface area contributed by atoms with Crippen molar-refractivity contribution in [1.29, 1.82) is 0 Å². The van der Waals surface area contributed by atoms with E-state index in [1.54, 1.807) is 31.4 Å². The van der Waals surface area contributed by atoms with Gasteiger partial charge in [0.1, 0.15) is 23.7 Å². The van der Waals surface area contributed by atoms with Crippen LogP contribution in [0.3, 0.4) is 0 Å². The SMILES string of the molecule is CCc1cc(-c2cc(NCCn3c(C)cc4c(OC)ccc(F)c43)ncn2)cc(Cl)c1C(=O)O. The van der Waals surface area contributed by atoms with Crippen molar-refractivity contribution in [2.75, 3.05) is 19.0 Å². The Labute approximate surface area is 201 Å². The van der Waals surface area contributed by atoms with E-state index < -0.39 is 5.97 Å². The van der Waals surface area contributed by atoms with Crippen molar-refractivity contribution in [2.24, 2.45) is 0 Å². The third kappa shape index (κ3) is 4.41. The molecule has 0 unspecified atom stereocenters. The molecule has 2 N–H and O–H groups in total. The molecule has 4 aromatic rings. The van der Waals surface area contributed by atoms with Crippen molar-refractivity contribution in [2.45, 2.75) is 26.8 Å². The average molecular weight is 483 g/mol. The molecule has 176 valence electrons. The first kappa shape index (κ1) is 23.5. The molecule has 0 spiro atoms. The molecule has 4 rings (SSSR count). The number of aryl methyl sites for hydroxylation is 2. The molecule has 0 fully saturated rings. The summed E-state index contributed by atoms with van der Waals surface area (Å²) in [6, 6.07) is 10.1. The van der Waals surface area contributed by atoms with Gasteiger partial charge in [-0.15, -0.1) is 0 Å². The van der Waals surface area contributed by atoms with Crippen molar-refractivity contribution in [3.05, 3.63) is 70.4 Å². The zero-order valence-corrected chi connectivity index (χ0v) is 19.8. The van der Waals surface area contributed by atoms with Crippen molar-refractivity contribution in [3.8, 4) is 17.0 Å². The Hall–Kier alpha value is -3.65. The molecule has 9 heteroatoms. The fourth-order valence-corrected chi connectivity index (χ4v) is 4.46. The van der Waals surface area contributed by atoms with Crippen LogP contribution in [0.25, 0.3) is 22.2 Å². The topological polar surface area (TPSA) is 89.3 Å². The molecule has 0 bridgehead atoms. The van der Waals surface area contributed by atoms with Crippen LogP contribution in [0.15, 0.2) is 42.7 Å². The molecule has 2 aromatic heterocycles. The van der Waals surface area contributed by atoms with Gasteiger partial charge in [-0.2, -0.15) is 0 Å². The van der Waals surface area contributed by atoms with Gasteiger partial charge >= 0.3 is 5.97 Å². The van der Waals surface area contributed by atoms with Gasteiger partial charge in [-0.1, -0.05) is 18.5 Å². The van der Waals surface area contributed by atoms with Crippen LogP contribution in [0.5, 0.6) is 5.75 Å². The third-order valence-electron chi connectivity index (χ3n) is 5.77. The molecule has 0 saturated carbocycles. The number of hydrogen-bond donors (Lipinski definition) is 2. The first-order valence-corrected chi connectivity index (χ1v) is 11.2. The summed E-state index contributed by atoms with van der Waals surface area (Å²) < 4.78 is 21.8. The number of nitrogens with one attached hydrogen (secondary N) is 1. The summed E-state index contributed by atoms with van der Waals surface area (Å²) in [6.07, 6.45) is 1.96. The number of carboxylic acid groups (broad SMARTS) is 1. The normalized spacial score (nSPS) is 11.1. The molecule has 0 aliphatic rings. The maximum absolute atomic E-state index is 14.6. The minimum atomic E-state index is -1.06. The maximum atomic E-state index is 14.6. The lowest BCUT2D eigenvalue weighted by Gasteiger charge is -2.12. The van der Waals surface area contributed by atoms with E-state index in [2.05, 4.69) is 15.3 Å². The highest BCUT2D eigenvalue weighted by molar-refractivity contribution is 6.34. The second-order valence-electron chi connectivity index (χ2n) is 7.82. The Morgan fingerprint density at radius 3 is 2.74 bits per heavy atom. The Balaban J connectivity index is 1.56. The fourth-order valence-electron chi connectivity index (χ4n) is 4.14. The zero-order valence-electron chi connectivity index (χ0n) is 19.0. The number of halogens is 2. The highest BCUT2D eigenvalue weighted by atomic mass is 35.5. The standard InChI is InChI=1S/C25H24ClFN4O3/c1-4-15-10-16(11-18(26)23(15)25(32)33)20-12-22(30-13-29-20)28-7-8-31-14(2)9-17-21(34-3)6-5-19(27)24(17)31/h5-6,9-13H,4,7-8H2,1-3H3,(H,32,33)(H,28,29,30). The molecular formula is C25H24ClFN4O3. The van der Waals surface area contributed by atoms with Gasteiger partial charge in [0.15, 0.2) is 0 Å². The van der Waals surface area contributed by atoms with Crippen LogP contribution in [0.2, 0.25) is 5.02 Å². The summed E-state index contributed by atoms with van der Waals surface area (Å²) in [7, 11) is 1.57. The first-order chi connectivity index (χ1) is 16.3. The quantitative estimate of drug-likeness (QED) is 0.341. The molecule has 0 radical (unpaired) electrons. The van der Waals surface area contributed by atoms with Crippen LogP contribution in [-0.2, 0) is 13.0 Å². The fraction of sp³-hybridized carbons (Fsp3) is 0.240. The largest absolute Gasteiger partial charge is 0.496 e. The number of anilines is 1. The number of hydrogen-bond acceptors (Lipinski definition) is 5. The maximum Gasteiger partial charge on any atom is 0.337 e. The molecule has 0 amide bonds. The smallest absolute Gasteiger partial charge is 0.337 e. The summed E-state index contributed by atoms with van der Waals surface area (Å²) in [6.45, 7) is 4.81. The van der Waals surface area contributed by atoms with Crippen molar-refractivity contribution in [1.82, 2.24) is 14.5 Å². The van der Waals surface area contributed by atoms with Crippen molar-refractivity contribution < 1.29 is 19.0 Å². The predicted octanol–water partition coefficient (Wildman–Crippen LogP) is 5.58. The molecule has 0 atom stereocenters. The van der Waals surface area contributed by atoms with Gasteiger partial charge in [-0.05, 0) is 49.2 Å². The van der Waals surface area contributed by atoms with E-state index in [4.69, 9.17) is 16.3 Å². The van der Waals surface area contributed by atoms with E-state index in [0.717, 1.165) is 11.1 Å². The summed E-state index contributed by atoms with van der Waals surface area (Å²) in [5.41, 5.74) is 3.49. The lowest BCUT2D eigenvalue weighted by molar-refractivity contribution is 0.0696. The van der Waals surface area contributed by atoms with Gasteiger partial charge in [0.2, 0.25) is 0 Å². The van der Waals surface area contributed by atoms with Crippen molar-refractivity contribution >= 4 is 34.3 Å². The first-order valence-electron chi connectivity index (χ1n) is 10.8. The van der Waals surface area contributed by atoms with Crippen molar-refractivity contribution in [3.63, 3.8) is 0 Å². The van der Waals surface area contributed by atoms with E-state index in [-0.39, 0.29) is 16.4 Å². The number of methoxy groups -OCH3 is 1. The molecule has 0 aliphatic heterocycles. The Bertz CT molecular complexity index is 1390. The van der Waals surface area contributed by atoms with E-state index in [9.17, 15) is 14.3 Å². The molecule has 7 nitrogen and oxygen atoms in total. The second kappa shape index (κ2) is 9.69. The number of carbonyl (C=O) groups is 1. The van der Waals surface area contributed by atoms with E-state index in [1.165, 1.54) is 12.4 Å². The minimum absolute atomic E-state index is 0.110. The van der Waals surface area contributed by atoms with Crippen LogP contribution in [0.4, 0.5) is 10.2 Å². The number of benzene rings is 2. The number of ether oxygens (including phenoxy) is 1. The van der Waals surface area contributed by atoms with Crippen LogP contribution in [0, 0.1) is 12.7 Å². The Kier molecular flexibility index (Phi) is 6.70. The number of fused-ring (bicyclic) bond motifs is 1. The van der Waals surface area contributed by atoms with Crippen LogP contribution >= 0.6 is 11.6 Å². The molecule has 2 aromatic carbocycles. The lowest BCUT2D eigenvalue weighted by Crippen LogP contribution is -2.13. The minimum Gasteiger partial charge on any atom is -0.496 e. The highest BCUT2D eigenvalue weighted by Gasteiger charge is 2.17. The van der Waals surface area contributed by atoms with Gasteiger partial charge in [0.05, 0.1) is 28.9 Å². The van der Waals surface area contributed by atoms with Crippen LogP contribution < -0.4 is 10.1 Å². The van der Waals surface area contributed by atoms with E-state index >= 15 is 0 Å². The number of rotatable bonds is 8. The van der Waals surface area contributed by atoms with E-state index in [0.29, 0.717) is 53.4 Å². The summed E-state index contributed by atoms with van der Waals surface area (Å²) in [5.74, 6) is -0.138. The van der Waals surface area contributed by atoms with Gasteiger partial charge in [0.25, 0.3) is 0 Å². The summed E-state index contributed by atoms with van der Waals surface area (Å²) >= 11 is 6.25. The van der Waals surface area contributed by atoms with Crippen LogP contribution in [-0.4, -0.2) is 39.3 Å². The second-order valence-corrected chi connectivity index (χ2v) is 8.22. The zero-order chi connectivity index (χ0) is 24.4. The monoisotopic (exact) mass is 482 g/mol. The van der Waals surface area contributed by atoms with E-state index in [1.807, 2.05) is 24.5 Å². The number of aromatic carboxylic acids is 1. The summed E-state index contributed by atoms with van der Waals surface area (Å²) in [4.78, 5) is 20.1. The van der Waals surface area contributed by atoms with Gasteiger partial charge < -0.3 is 19.7 Å². The van der Waals surface area contributed by atoms with Gasteiger partial charge in [0, 0.05) is 35.8 Å². The van der Waals surface area contributed by atoms with Gasteiger partial charge in [-0.3, -0.25) is 0 Å². The average Bonchev–Trinajstić information content (AvgIpc) is 3.15. The number of aromatic nitrogens is 3. The molecule has 2 heterocycles. The van der Waals surface area contributed by atoms with Crippen LogP contribution in [0.1, 0.15) is 28.5 Å². The molecule has 34 heavy (non-hydrogen) atoms. The third-order valence-corrected chi connectivity index (χ3v) is 6.07. The lowest BCUT2D eigenvalue weighted by atomic mass is 10.00. The Morgan fingerprint density at radius 2 is 2.03 bits per heavy atom. The number of carboxylic acids is 1. The molecule has 0 saturated heterocycles.